The third-order valence-corrected chi connectivity index (χ3v) is 4.24. The number of methoxy groups -OCH3 is 2. The second-order valence-electron chi connectivity index (χ2n) is 4.43. The number of ether oxygens (including phenoxy) is 2. The van der Waals surface area contributed by atoms with Crippen molar-refractivity contribution in [1.82, 2.24) is 10.3 Å². The first-order valence-corrected chi connectivity index (χ1v) is 7.70. The molecule has 0 aliphatic heterocycles. The maximum absolute atomic E-state index is 5.48. The Morgan fingerprint density at radius 3 is 2.67 bits per heavy atom. The molecular weight excluding hydrogens is 284 g/mol. The van der Waals surface area contributed by atoms with Gasteiger partial charge in [0.2, 0.25) is 0 Å². The molecule has 0 spiro atoms. The summed E-state index contributed by atoms with van der Waals surface area (Å²) in [6.07, 6.45) is 1.81. The highest BCUT2D eigenvalue weighted by Crippen LogP contribution is 2.32. The lowest BCUT2D eigenvalue weighted by Crippen LogP contribution is -2.19. The maximum Gasteiger partial charge on any atom is 0.127 e. The van der Waals surface area contributed by atoms with Gasteiger partial charge in [0.1, 0.15) is 11.5 Å². The Morgan fingerprint density at radius 2 is 2.05 bits per heavy atom. The number of rotatable bonds is 7. The van der Waals surface area contributed by atoms with Gasteiger partial charge in [0.05, 0.1) is 19.2 Å². The molecule has 5 heteroatoms. The monoisotopic (exact) mass is 304 g/mol. The third-order valence-electron chi connectivity index (χ3n) is 3.20. The fourth-order valence-corrected chi connectivity index (χ4v) is 3.03. The molecule has 21 heavy (non-hydrogen) atoms. The van der Waals surface area contributed by atoms with Gasteiger partial charge in [-0.25, -0.2) is 4.98 Å². The highest BCUT2D eigenvalue weighted by atomic mass is 32.2. The van der Waals surface area contributed by atoms with Crippen LogP contribution in [0.1, 0.15) is 11.6 Å². The fourth-order valence-electron chi connectivity index (χ4n) is 2.04. The molecule has 0 saturated carbocycles. The number of thioether (sulfide) groups is 1. The third kappa shape index (κ3) is 4.12. The molecule has 1 aromatic heterocycles. The number of nitrogens with zero attached hydrogens (tertiary/aromatic N) is 1. The van der Waals surface area contributed by atoms with E-state index in [4.69, 9.17) is 9.47 Å². The number of pyridine rings is 1. The van der Waals surface area contributed by atoms with Crippen LogP contribution in [0.25, 0.3) is 0 Å². The molecule has 0 saturated heterocycles. The van der Waals surface area contributed by atoms with E-state index in [0.717, 1.165) is 27.8 Å². The lowest BCUT2D eigenvalue weighted by Gasteiger charge is -2.19. The van der Waals surface area contributed by atoms with Gasteiger partial charge in [-0.1, -0.05) is 12.1 Å². The molecule has 0 amide bonds. The van der Waals surface area contributed by atoms with E-state index in [0.29, 0.717) is 0 Å². The predicted molar refractivity (Wildman–Crippen MR) is 86.3 cm³/mol. The quantitative estimate of drug-likeness (QED) is 0.796. The Kier molecular flexibility index (Phi) is 5.90. The second kappa shape index (κ2) is 7.90. The van der Waals surface area contributed by atoms with E-state index >= 15 is 0 Å². The van der Waals surface area contributed by atoms with Crippen LogP contribution >= 0.6 is 11.8 Å². The normalized spacial score (nSPS) is 12.0. The Labute approximate surface area is 129 Å². The minimum atomic E-state index is 0.179. The van der Waals surface area contributed by atoms with Crippen molar-refractivity contribution in [3.63, 3.8) is 0 Å². The molecule has 1 atom stereocenters. The summed E-state index contributed by atoms with van der Waals surface area (Å²) in [6.45, 7) is 0. The van der Waals surface area contributed by atoms with Crippen molar-refractivity contribution in [2.75, 3.05) is 27.0 Å². The summed E-state index contributed by atoms with van der Waals surface area (Å²) in [5.74, 6) is 2.49. The standard InChI is InChI=1S/C16H20N2O2S/c1-17-14(11-21-16-6-4-5-9-18-16)13-8-7-12(19-2)10-15(13)20-3/h4-10,14,17H,11H2,1-3H3. The van der Waals surface area contributed by atoms with Crippen LogP contribution in [0.15, 0.2) is 47.6 Å². The lowest BCUT2D eigenvalue weighted by molar-refractivity contribution is 0.387. The molecule has 1 heterocycles. The molecule has 112 valence electrons. The van der Waals surface area contributed by atoms with Crippen LogP contribution in [0.3, 0.4) is 0 Å². The molecule has 2 rings (SSSR count). The summed E-state index contributed by atoms with van der Waals surface area (Å²) < 4.78 is 10.7. The Bertz CT molecular complexity index is 563. The molecule has 4 nitrogen and oxygen atoms in total. The predicted octanol–water partition coefficient (Wildman–Crippen LogP) is 3.15. The van der Waals surface area contributed by atoms with Crippen LogP contribution in [0.4, 0.5) is 0 Å². The molecular formula is C16H20N2O2S. The highest BCUT2D eigenvalue weighted by molar-refractivity contribution is 7.99. The zero-order valence-electron chi connectivity index (χ0n) is 12.5. The van der Waals surface area contributed by atoms with Gasteiger partial charge in [-0.2, -0.15) is 0 Å². The van der Waals surface area contributed by atoms with E-state index in [1.165, 1.54) is 0 Å². The summed E-state index contributed by atoms with van der Waals surface area (Å²) in [7, 11) is 5.28. The van der Waals surface area contributed by atoms with Gasteiger partial charge in [0, 0.05) is 29.6 Å². The van der Waals surface area contributed by atoms with Crippen molar-refractivity contribution in [1.29, 1.82) is 0 Å². The van der Waals surface area contributed by atoms with Gasteiger partial charge in [0.15, 0.2) is 0 Å². The smallest absolute Gasteiger partial charge is 0.127 e. The number of hydrogen-bond donors (Lipinski definition) is 1. The van der Waals surface area contributed by atoms with Crippen LogP contribution < -0.4 is 14.8 Å². The van der Waals surface area contributed by atoms with E-state index in [9.17, 15) is 0 Å². The summed E-state index contributed by atoms with van der Waals surface area (Å²) in [5, 5.41) is 4.35. The topological polar surface area (TPSA) is 43.4 Å². The van der Waals surface area contributed by atoms with E-state index in [1.807, 2.05) is 49.6 Å². The Balaban J connectivity index is 2.13. The highest BCUT2D eigenvalue weighted by Gasteiger charge is 2.15. The van der Waals surface area contributed by atoms with E-state index in [-0.39, 0.29) is 6.04 Å². The fraction of sp³-hybridized carbons (Fsp3) is 0.312. The summed E-state index contributed by atoms with van der Waals surface area (Å²) in [5.41, 5.74) is 1.12. The number of nitrogens with one attached hydrogen (secondary N) is 1. The SMILES string of the molecule is CNC(CSc1ccccn1)c1ccc(OC)cc1OC. The number of benzene rings is 1. The van der Waals surface area contributed by atoms with E-state index < -0.39 is 0 Å². The van der Waals surface area contributed by atoms with Gasteiger partial charge < -0.3 is 14.8 Å². The largest absolute Gasteiger partial charge is 0.497 e. The average molecular weight is 304 g/mol. The second-order valence-corrected chi connectivity index (χ2v) is 5.47. The van der Waals surface area contributed by atoms with E-state index in [1.54, 1.807) is 26.0 Å². The van der Waals surface area contributed by atoms with Crippen molar-refractivity contribution in [3.05, 3.63) is 48.2 Å². The minimum Gasteiger partial charge on any atom is -0.497 e. The molecule has 2 aromatic rings. The summed E-state index contributed by atoms with van der Waals surface area (Å²) in [4.78, 5) is 4.33. The Morgan fingerprint density at radius 1 is 1.19 bits per heavy atom. The molecule has 1 N–H and O–H groups in total. The summed E-state index contributed by atoms with van der Waals surface area (Å²) in [6, 6.07) is 12.0. The van der Waals surface area contributed by atoms with Crippen LogP contribution in [-0.2, 0) is 0 Å². The Hall–Kier alpha value is -1.72. The van der Waals surface area contributed by atoms with Crippen molar-refractivity contribution in [2.24, 2.45) is 0 Å². The zero-order chi connectivity index (χ0) is 15.1. The van der Waals surface area contributed by atoms with Crippen LogP contribution in [0.2, 0.25) is 0 Å². The maximum atomic E-state index is 5.48. The molecule has 0 bridgehead atoms. The van der Waals surface area contributed by atoms with Crippen molar-refractivity contribution < 1.29 is 9.47 Å². The van der Waals surface area contributed by atoms with Gasteiger partial charge in [-0.05, 0) is 25.2 Å². The minimum absolute atomic E-state index is 0.179. The first kappa shape index (κ1) is 15.7. The molecule has 1 aromatic carbocycles. The average Bonchev–Trinajstić information content (AvgIpc) is 2.56. The van der Waals surface area contributed by atoms with Crippen molar-refractivity contribution >= 4 is 11.8 Å². The van der Waals surface area contributed by atoms with Crippen LogP contribution in [-0.4, -0.2) is 32.0 Å². The van der Waals surface area contributed by atoms with E-state index in [2.05, 4.69) is 10.3 Å². The lowest BCUT2D eigenvalue weighted by atomic mass is 10.1. The molecule has 0 fully saturated rings. The van der Waals surface area contributed by atoms with Gasteiger partial charge in [-0.15, -0.1) is 11.8 Å². The number of hydrogen-bond acceptors (Lipinski definition) is 5. The number of aromatic nitrogens is 1. The zero-order valence-corrected chi connectivity index (χ0v) is 13.3. The van der Waals surface area contributed by atoms with Crippen molar-refractivity contribution in [2.45, 2.75) is 11.1 Å². The molecule has 1 unspecified atom stereocenters. The first-order chi connectivity index (χ1) is 10.3. The van der Waals surface area contributed by atoms with Crippen molar-refractivity contribution in [3.8, 4) is 11.5 Å². The van der Waals surface area contributed by atoms with Gasteiger partial charge in [-0.3, -0.25) is 0 Å². The first-order valence-electron chi connectivity index (χ1n) is 6.71. The van der Waals surface area contributed by atoms with Gasteiger partial charge >= 0.3 is 0 Å². The van der Waals surface area contributed by atoms with Crippen LogP contribution in [0.5, 0.6) is 11.5 Å². The molecule has 0 aliphatic carbocycles. The molecule has 0 radical (unpaired) electrons. The van der Waals surface area contributed by atoms with Crippen LogP contribution in [0, 0.1) is 0 Å². The van der Waals surface area contributed by atoms with Gasteiger partial charge in [0.25, 0.3) is 0 Å². The molecule has 0 aliphatic rings. The summed E-state index contributed by atoms with van der Waals surface area (Å²) >= 11 is 1.72.